The lowest BCUT2D eigenvalue weighted by Gasteiger charge is -2.17. The Kier molecular flexibility index (Phi) is 7.65. The summed E-state index contributed by atoms with van der Waals surface area (Å²) in [6.45, 7) is 2.41. The number of hydrogen-bond acceptors (Lipinski definition) is 4. The number of likely N-dealkylation sites (N-methyl/N-ethyl adjacent to an activating group) is 1. The second kappa shape index (κ2) is 10.6. The Bertz CT molecular complexity index is 985. The van der Waals surface area contributed by atoms with Crippen LogP contribution in [0.3, 0.4) is 0 Å². The first kappa shape index (κ1) is 23.1. The van der Waals surface area contributed by atoms with Gasteiger partial charge < -0.3 is 20.1 Å². The van der Waals surface area contributed by atoms with Gasteiger partial charge >= 0.3 is 12.1 Å². The van der Waals surface area contributed by atoms with Crippen molar-refractivity contribution in [3.63, 3.8) is 0 Å². The molecule has 0 atom stereocenters. The Balaban J connectivity index is 1.48. The standard InChI is InChI=1S/C25H28N2O5/c1-17(24(30)27(2)15-7-12-23(28)29)13-14-26-25(31)32-16-22-20-10-5-3-8-18(20)19-9-4-6-11-21(19)22/h3-6,8-11,13,22H,7,12,14-16H2,1-2H3,(H,26,31)(H,28,29)/b17-13+. The molecule has 0 heterocycles. The fourth-order valence-corrected chi connectivity index (χ4v) is 3.89. The third-order valence-electron chi connectivity index (χ3n) is 5.57. The molecule has 0 unspecified atom stereocenters. The van der Waals surface area contributed by atoms with Crippen LogP contribution in [0.25, 0.3) is 11.1 Å². The number of carboxylic acid groups (broad SMARTS) is 1. The lowest BCUT2D eigenvalue weighted by atomic mass is 9.98. The monoisotopic (exact) mass is 436 g/mol. The normalized spacial score (nSPS) is 12.6. The molecule has 3 rings (SSSR count). The van der Waals surface area contributed by atoms with Gasteiger partial charge in [0.15, 0.2) is 0 Å². The first-order valence-corrected chi connectivity index (χ1v) is 10.6. The Morgan fingerprint density at radius 1 is 1.06 bits per heavy atom. The highest BCUT2D eigenvalue weighted by Crippen LogP contribution is 2.44. The number of nitrogens with zero attached hydrogens (tertiary/aromatic N) is 1. The molecule has 0 saturated carbocycles. The minimum absolute atomic E-state index is 0.00791. The molecule has 1 aliphatic carbocycles. The highest BCUT2D eigenvalue weighted by molar-refractivity contribution is 5.92. The van der Waals surface area contributed by atoms with Gasteiger partial charge in [0.1, 0.15) is 6.61 Å². The highest BCUT2D eigenvalue weighted by atomic mass is 16.5. The van der Waals surface area contributed by atoms with E-state index in [1.54, 1.807) is 20.0 Å². The summed E-state index contributed by atoms with van der Waals surface area (Å²) in [6.07, 6.45) is 1.49. The molecule has 0 radical (unpaired) electrons. The van der Waals surface area contributed by atoms with E-state index in [1.165, 1.54) is 16.0 Å². The Hall–Kier alpha value is -3.61. The van der Waals surface area contributed by atoms with Crippen LogP contribution in [-0.4, -0.2) is 54.7 Å². The summed E-state index contributed by atoms with van der Waals surface area (Å²) in [5.41, 5.74) is 5.10. The van der Waals surface area contributed by atoms with Gasteiger partial charge in [0, 0.05) is 38.0 Å². The van der Waals surface area contributed by atoms with Crippen molar-refractivity contribution < 1.29 is 24.2 Å². The Labute approximate surface area is 187 Å². The summed E-state index contributed by atoms with van der Waals surface area (Å²) in [4.78, 5) is 36.6. The lowest BCUT2D eigenvalue weighted by molar-refractivity contribution is -0.137. The molecule has 0 spiro atoms. The molecule has 1 aliphatic rings. The van der Waals surface area contributed by atoms with Crippen molar-refractivity contribution in [3.05, 3.63) is 71.3 Å². The maximum absolute atomic E-state index is 12.3. The zero-order chi connectivity index (χ0) is 23.1. The number of amides is 2. The van der Waals surface area contributed by atoms with Gasteiger partial charge in [-0.2, -0.15) is 0 Å². The number of fused-ring (bicyclic) bond motifs is 3. The molecule has 0 bridgehead atoms. The number of nitrogens with one attached hydrogen (secondary N) is 1. The van der Waals surface area contributed by atoms with Gasteiger partial charge in [-0.05, 0) is 35.6 Å². The Morgan fingerprint density at radius 2 is 1.66 bits per heavy atom. The van der Waals surface area contributed by atoms with E-state index in [9.17, 15) is 14.4 Å². The van der Waals surface area contributed by atoms with E-state index in [0.717, 1.165) is 11.1 Å². The average molecular weight is 437 g/mol. The fourth-order valence-electron chi connectivity index (χ4n) is 3.89. The number of hydrogen-bond donors (Lipinski definition) is 2. The first-order chi connectivity index (χ1) is 15.4. The molecular weight excluding hydrogens is 408 g/mol. The summed E-state index contributed by atoms with van der Waals surface area (Å²) >= 11 is 0. The molecular formula is C25H28N2O5. The number of carbonyl (C=O) groups excluding carboxylic acids is 2. The van der Waals surface area contributed by atoms with E-state index >= 15 is 0 Å². The van der Waals surface area contributed by atoms with Crippen LogP contribution < -0.4 is 5.32 Å². The molecule has 0 fully saturated rings. The zero-order valence-corrected chi connectivity index (χ0v) is 18.3. The van der Waals surface area contributed by atoms with Crippen molar-refractivity contribution in [2.75, 3.05) is 26.7 Å². The topological polar surface area (TPSA) is 95.9 Å². The van der Waals surface area contributed by atoms with Gasteiger partial charge in [-0.1, -0.05) is 54.6 Å². The van der Waals surface area contributed by atoms with Crippen LogP contribution >= 0.6 is 0 Å². The lowest BCUT2D eigenvalue weighted by Crippen LogP contribution is -2.30. The van der Waals surface area contributed by atoms with Crippen molar-refractivity contribution in [3.8, 4) is 11.1 Å². The summed E-state index contributed by atoms with van der Waals surface area (Å²) in [5.74, 6) is -1.10. The van der Waals surface area contributed by atoms with Crippen LogP contribution in [0.2, 0.25) is 0 Å². The van der Waals surface area contributed by atoms with E-state index in [2.05, 4.69) is 29.6 Å². The van der Waals surface area contributed by atoms with Crippen molar-refractivity contribution in [2.24, 2.45) is 0 Å². The van der Waals surface area contributed by atoms with Crippen LogP contribution in [0, 0.1) is 0 Å². The van der Waals surface area contributed by atoms with Gasteiger partial charge in [0.05, 0.1) is 0 Å². The number of carboxylic acids is 1. The molecule has 0 saturated heterocycles. The minimum atomic E-state index is -0.884. The maximum Gasteiger partial charge on any atom is 0.407 e. The van der Waals surface area contributed by atoms with Gasteiger partial charge in [-0.3, -0.25) is 9.59 Å². The van der Waals surface area contributed by atoms with Gasteiger partial charge in [-0.15, -0.1) is 0 Å². The molecule has 168 valence electrons. The largest absolute Gasteiger partial charge is 0.481 e. The zero-order valence-electron chi connectivity index (χ0n) is 18.3. The molecule has 2 amide bonds. The smallest absolute Gasteiger partial charge is 0.407 e. The van der Waals surface area contributed by atoms with Crippen molar-refractivity contribution >= 4 is 18.0 Å². The van der Waals surface area contributed by atoms with Crippen LogP contribution in [-0.2, 0) is 14.3 Å². The van der Waals surface area contributed by atoms with E-state index in [0.29, 0.717) is 18.5 Å². The van der Waals surface area contributed by atoms with Crippen molar-refractivity contribution in [1.29, 1.82) is 0 Å². The molecule has 2 aromatic rings. The maximum atomic E-state index is 12.3. The summed E-state index contributed by atoms with van der Waals surface area (Å²) in [6, 6.07) is 16.3. The van der Waals surface area contributed by atoms with Crippen molar-refractivity contribution in [2.45, 2.75) is 25.7 Å². The fraction of sp³-hybridized carbons (Fsp3) is 0.320. The summed E-state index contributed by atoms with van der Waals surface area (Å²) in [5, 5.41) is 11.3. The molecule has 7 nitrogen and oxygen atoms in total. The van der Waals surface area contributed by atoms with Gasteiger partial charge in [-0.25, -0.2) is 4.79 Å². The number of alkyl carbamates (subject to hydrolysis) is 1. The molecule has 0 aromatic heterocycles. The van der Waals surface area contributed by atoms with Crippen LogP contribution in [0.15, 0.2) is 60.2 Å². The SMILES string of the molecule is C/C(=C\CNC(=O)OCC1c2ccccc2-c2ccccc21)C(=O)N(C)CCCC(=O)O. The van der Waals surface area contributed by atoms with Crippen LogP contribution in [0.4, 0.5) is 4.79 Å². The quantitative estimate of drug-likeness (QED) is 0.583. The summed E-state index contributed by atoms with van der Waals surface area (Å²) < 4.78 is 5.47. The highest BCUT2D eigenvalue weighted by Gasteiger charge is 2.28. The first-order valence-electron chi connectivity index (χ1n) is 10.6. The summed E-state index contributed by atoms with van der Waals surface area (Å²) in [7, 11) is 1.63. The van der Waals surface area contributed by atoms with Gasteiger partial charge in [0.2, 0.25) is 5.91 Å². The molecule has 2 aromatic carbocycles. The van der Waals surface area contributed by atoms with E-state index in [1.807, 2.05) is 24.3 Å². The molecule has 7 heteroatoms. The minimum Gasteiger partial charge on any atom is -0.481 e. The number of rotatable bonds is 9. The van der Waals surface area contributed by atoms with E-state index in [-0.39, 0.29) is 31.4 Å². The number of benzene rings is 2. The number of carbonyl (C=O) groups is 3. The van der Waals surface area contributed by atoms with E-state index in [4.69, 9.17) is 9.84 Å². The van der Waals surface area contributed by atoms with Crippen LogP contribution in [0.5, 0.6) is 0 Å². The second-order valence-electron chi connectivity index (χ2n) is 7.82. The number of ether oxygens (including phenoxy) is 1. The molecule has 0 aliphatic heterocycles. The van der Waals surface area contributed by atoms with Crippen molar-refractivity contribution in [1.82, 2.24) is 10.2 Å². The van der Waals surface area contributed by atoms with Crippen LogP contribution in [0.1, 0.15) is 36.8 Å². The third kappa shape index (κ3) is 5.55. The average Bonchev–Trinajstić information content (AvgIpc) is 3.10. The Morgan fingerprint density at radius 3 is 2.25 bits per heavy atom. The van der Waals surface area contributed by atoms with E-state index < -0.39 is 12.1 Å². The molecule has 2 N–H and O–H groups in total. The molecule has 32 heavy (non-hydrogen) atoms. The van der Waals surface area contributed by atoms with Gasteiger partial charge in [0.25, 0.3) is 0 Å². The predicted molar refractivity (Wildman–Crippen MR) is 121 cm³/mol. The number of aliphatic carboxylic acids is 1. The third-order valence-corrected chi connectivity index (χ3v) is 5.57. The second-order valence-corrected chi connectivity index (χ2v) is 7.82. The predicted octanol–water partition coefficient (Wildman–Crippen LogP) is 3.79.